The van der Waals surface area contributed by atoms with E-state index < -0.39 is 17.8 Å². The smallest absolute Gasteiger partial charge is 0.264 e. The molecule has 0 bridgehead atoms. The predicted molar refractivity (Wildman–Crippen MR) is 131 cm³/mol. The number of primary amides is 1. The minimum atomic E-state index is -1.63. The van der Waals surface area contributed by atoms with E-state index in [-0.39, 0.29) is 42.2 Å². The van der Waals surface area contributed by atoms with E-state index in [0.717, 1.165) is 24.0 Å². The molecule has 3 aromatic rings. The Hall–Kier alpha value is -3.63. The molecule has 190 valence electrons. The molecule has 0 atom stereocenters. The van der Waals surface area contributed by atoms with Gasteiger partial charge < -0.3 is 25.4 Å². The number of fused-ring (bicyclic) bond motifs is 1. The van der Waals surface area contributed by atoms with Crippen LogP contribution in [-0.2, 0) is 24.2 Å². The number of aliphatic hydroxyl groups excluding tert-OH is 1. The van der Waals surface area contributed by atoms with Crippen LogP contribution in [0.1, 0.15) is 52.7 Å². The average Bonchev–Trinajstić information content (AvgIpc) is 2.84. The van der Waals surface area contributed by atoms with E-state index >= 15 is 0 Å². The molecule has 4 rings (SSSR count). The highest BCUT2D eigenvalue weighted by molar-refractivity contribution is 5.98. The topological polar surface area (TPSA) is 139 Å². The van der Waals surface area contributed by atoms with Crippen molar-refractivity contribution in [1.29, 1.82) is 0 Å². The number of aryl methyl sites for hydroxylation is 1. The summed E-state index contributed by atoms with van der Waals surface area (Å²) in [4.78, 5) is 44.4. The minimum Gasteiger partial charge on any atom is -0.368 e. The van der Waals surface area contributed by atoms with Gasteiger partial charge in [0.1, 0.15) is 11.4 Å². The summed E-state index contributed by atoms with van der Waals surface area (Å²) in [6.45, 7) is 1.05. The standard InChI is InChI=1S/C26H29FN4O5/c27-18-6-4-16(5-7-18)13-17-14-20-24(29-15-17)19(8-9-22(33)34)23(25(28)35)26(36)31(20)12-11-30-10-2-1-3-21(30)32/h4-7,14-15,22,33-34H,1-3,8-13H2,(H2,28,35). The number of benzene rings is 1. The van der Waals surface area contributed by atoms with Crippen molar-refractivity contribution in [1.82, 2.24) is 14.5 Å². The SMILES string of the molecule is NC(=O)c1c(CCC(O)O)c2ncc(Cc3ccc(F)cc3)cc2n(CCN2CCCCC2=O)c1=O. The summed E-state index contributed by atoms with van der Waals surface area (Å²) in [5.41, 5.74) is 7.42. The van der Waals surface area contributed by atoms with Gasteiger partial charge in [0, 0.05) is 38.7 Å². The third-order valence-corrected chi connectivity index (χ3v) is 6.50. The van der Waals surface area contributed by atoms with Crippen LogP contribution in [-0.4, -0.2) is 55.9 Å². The van der Waals surface area contributed by atoms with Gasteiger partial charge in [0.15, 0.2) is 6.29 Å². The Balaban J connectivity index is 1.81. The number of amides is 2. The third kappa shape index (κ3) is 5.60. The molecular weight excluding hydrogens is 467 g/mol. The molecule has 0 aliphatic carbocycles. The summed E-state index contributed by atoms with van der Waals surface area (Å²) in [7, 11) is 0. The zero-order valence-electron chi connectivity index (χ0n) is 19.8. The molecule has 0 unspecified atom stereocenters. The normalized spacial score (nSPS) is 14.1. The lowest BCUT2D eigenvalue weighted by Crippen LogP contribution is -2.40. The van der Waals surface area contributed by atoms with Gasteiger partial charge in [0.2, 0.25) is 5.91 Å². The van der Waals surface area contributed by atoms with Crippen molar-refractivity contribution in [3.63, 3.8) is 0 Å². The van der Waals surface area contributed by atoms with E-state index in [1.807, 2.05) is 0 Å². The van der Waals surface area contributed by atoms with Gasteiger partial charge in [-0.15, -0.1) is 0 Å². The van der Waals surface area contributed by atoms with Crippen LogP contribution in [0.15, 0.2) is 41.3 Å². The quantitative estimate of drug-likeness (QED) is 0.384. The Morgan fingerprint density at radius 2 is 1.86 bits per heavy atom. The maximum Gasteiger partial charge on any atom is 0.264 e. The van der Waals surface area contributed by atoms with Crippen LogP contribution in [0.5, 0.6) is 0 Å². The number of rotatable bonds is 9. The summed E-state index contributed by atoms with van der Waals surface area (Å²) in [6, 6.07) is 7.85. The molecule has 9 nitrogen and oxygen atoms in total. The lowest BCUT2D eigenvalue weighted by atomic mass is 9.99. The summed E-state index contributed by atoms with van der Waals surface area (Å²) >= 11 is 0. The summed E-state index contributed by atoms with van der Waals surface area (Å²) in [5, 5.41) is 18.8. The van der Waals surface area contributed by atoms with Crippen LogP contribution < -0.4 is 11.3 Å². The Bertz CT molecular complexity index is 1340. The second-order valence-corrected chi connectivity index (χ2v) is 9.05. The van der Waals surface area contributed by atoms with E-state index in [9.17, 15) is 29.0 Å². The van der Waals surface area contributed by atoms with Crippen LogP contribution in [0.4, 0.5) is 4.39 Å². The molecule has 0 saturated carbocycles. The number of carbonyl (C=O) groups is 2. The number of piperidine rings is 1. The molecule has 0 spiro atoms. The van der Waals surface area contributed by atoms with Crippen LogP contribution in [0, 0.1) is 5.82 Å². The largest absolute Gasteiger partial charge is 0.368 e. The first-order valence-corrected chi connectivity index (χ1v) is 12.0. The number of pyridine rings is 2. The van der Waals surface area contributed by atoms with Crippen molar-refractivity contribution in [3.05, 3.63) is 75.0 Å². The Morgan fingerprint density at radius 1 is 1.11 bits per heavy atom. The van der Waals surface area contributed by atoms with Crippen molar-refractivity contribution in [2.45, 2.75) is 51.4 Å². The van der Waals surface area contributed by atoms with Gasteiger partial charge in [0.05, 0.1) is 11.0 Å². The van der Waals surface area contributed by atoms with Crippen molar-refractivity contribution in [3.8, 4) is 0 Å². The molecule has 1 aliphatic rings. The number of aliphatic hydroxyl groups is 2. The number of aromatic nitrogens is 2. The fraction of sp³-hybridized carbons (Fsp3) is 0.385. The lowest BCUT2D eigenvalue weighted by molar-refractivity contribution is -0.133. The van der Waals surface area contributed by atoms with Crippen molar-refractivity contribution in [2.24, 2.45) is 5.73 Å². The number of hydrogen-bond acceptors (Lipinski definition) is 6. The molecular formula is C26H29FN4O5. The van der Waals surface area contributed by atoms with Gasteiger partial charge in [-0.1, -0.05) is 12.1 Å². The first kappa shape index (κ1) is 25.5. The fourth-order valence-electron chi connectivity index (χ4n) is 4.67. The average molecular weight is 497 g/mol. The molecule has 36 heavy (non-hydrogen) atoms. The maximum absolute atomic E-state index is 13.5. The van der Waals surface area contributed by atoms with Crippen LogP contribution in [0.3, 0.4) is 0 Å². The molecule has 1 aliphatic heterocycles. The second kappa shape index (κ2) is 11.0. The molecule has 2 amide bonds. The maximum atomic E-state index is 13.5. The number of carbonyl (C=O) groups excluding carboxylic acids is 2. The highest BCUT2D eigenvalue weighted by Gasteiger charge is 2.24. The Labute approximate surface area is 207 Å². The first-order chi connectivity index (χ1) is 17.2. The van der Waals surface area contributed by atoms with Gasteiger partial charge in [-0.25, -0.2) is 4.39 Å². The molecule has 0 radical (unpaired) electrons. The zero-order chi connectivity index (χ0) is 25.8. The van der Waals surface area contributed by atoms with Gasteiger partial charge >= 0.3 is 0 Å². The lowest BCUT2D eigenvalue weighted by Gasteiger charge is -2.27. The molecule has 1 saturated heterocycles. The molecule has 1 aromatic carbocycles. The van der Waals surface area contributed by atoms with E-state index in [1.165, 1.54) is 16.7 Å². The summed E-state index contributed by atoms with van der Waals surface area (Å²) in [6.07, 6.45) is 2.51. The monoisotopic (exact) mass is 496 g/mol. The van der Waals surface area contributed by atoms with Gasteiger partial charge in [-0.2, -0.15) is 0 Å². The number of hydrogen-bond donors (Lipinski definition) is 3. The highest BCUT2D eigenvalue weighted by atomic mass is 19.1. The molecule has 10 heteroatoms. The highest BCUT2D eigenvalue weighted by Crippen LogP contribution is 2.23. The second-order valence-electron chi connectivity index (χ2n) is 9.05. The van der Waals surface area contributed by atoms with Crippen molar-refractivity contribution < 1.29 is 24.2 Å². The van der Waals surface area contributed by atoms with Crippen LogP contribution in [0.25, 0.3) is 11.0 Å². The zero-order valence-corrected chi connectivity index (χ0v) is 19.8. The number of nitrogens with two attached hydrogens (primary N) is 1. The third-order valence-electron chi connectivity index (χ3n) is 6.50. The van der Waals surface area contributed by atoms with Crippen LogP contribution >= 0.6 is 0 Å². The molecule has 3 heterocycles. The Kier molecular flexibility index (Phi) is 7.76. The minimum absolute atomic E-state index is 0.0113. The number of likely N-dealkylation sites (tertiary alicyclic amines) is 1. The molecule has 1 fully saturated rings. The predicted octanol–water partition coefficient (Wildman–Crippen LogP) is 1.48. The summed E-state index contributed by atoms with van der Waals surface area (Å²) in [5.74, 6) is -1.24. The fourth-order valence-corrected chi connectivity index (χ4v) is 4.67. The first-order valence-electron chi connectivity index (χ1n) is 12.0. The van der Waals surface area contributed by atoms with Gasteiger partial charge in [0.25, 0.3) is 11.5 Å². The van der Waals surface area contributed by atoms with Gasteiger partial charge in [-0.3, -0.25) is 19.4 Å². The summed E-state index contributed by atoms with van der Waals surface area (Å²) < 4.78 is 14.7. The van der Waals surface area contributed by atoms with E-state index in [2.05, 4.69) is 4.98 Å². The molecule has 2 aromatic heterocycles. The van der Waals surface area contributed by atoms with Crippen LogP contribution in [0.2, 0.25) is 0 Å². The van der Waals surface area contributed by atoms with E-state index in [1.54, 1.807) is 29.3 Å². The van der Waals surface area contributed by atoms with Gasteiger partial charge in [-0.05, 0) is 60.6 Å². The Morgan fingerprint density at radius 3 is 2.53 bits per heavy atom. The van der Waals surface area contributed by atoms with Crippen molar-refractivity contribution in [2.75, 3.05) is 13.1 Å². The van der Waals surface area contributed by atoms with Crippen molar-refractivity contribution >= 4 is 22.8 Å². The van der Waals surface area contributed by atoms with E-state index in [4.69, 9.17) is 5.73 Å². The van der Waals surface area contributed by atoms with E-state index in [0.29, 0.717) is 37.0 Å². The number of nitrogens with zero attached hydrogens (tertiary/aromatic N) is 3. The molecule has 4 N–H and O–H groups in total. The number of halogens is 1.